The first kappa shape index (κ1) is 13.5. The number of ether oxygens (including phenoxy) is 1. The molecule has 4 nitrogen and oxygen atoms in total. The van der Waals surface area contributed by atoms with Crippen molar-refractivity contribution >= 4 is 17.2 Å². The molecule has 0 saturated heterocycles. The molecule has 0 radical (unpaired) electrons. The van der Waals surface area contributed by atoms with E-state index in [2.05, 4.69) is 10.3 Å². The Bertz CT molecular complexity index is 566. The lowest BCUT2D eigenvalue weighted by Gasteiger charge is -2.05. The highest BCUT2D eigenvalue weighted by Gasteiger charge is 2.08. The number of amides is 1. The third kappa shape index (κ3) is 3.79. The molecule has 0 aliphatic heterocycles. The molecule has 1 aromatic heterocycles. The van der Waals surface area contributed by atoms with Crippen molar-refractivity contribution in [2.24, 2.45) is 0 Å². The fourth-order valence-electron chi connectivity index (χ4n) is 1.68. The normalized spacial score (nSPS) is 10.2. The minimum absolute atomic E-state index is 0.110. The number of hydrogen-bond donors (Lipinski definition) is 1. The largest absolute Gasteiger partial charge is 0.497 e. The highest BCUT2D eigenvalue weighted by atomic mass is 32.1. The first-order valence-corrected chi connectivity index (χ1v) is 6.90. The molecule has 0 unspecified atom stereocenters. The van der Waals surface area contributed by atoms with E-state index < -0.39 is 0 Å². The maximum atomic E-state index is 11.8. The van der Waals surface area contributed by atoms with Gasteiger partial charge in [-0.1, -0.05) is 12.1 Å². The SMILES string of the molecule is COc1cccc(CCNC(=O)c2nc(C)cs2)c1. The molecule has 1 N–H and O–H groups in total. The van der Waals surface area contributed by atoms with E-state index in [1.807, 2.05) is 36.6 Å². The first-order valence-electron chi connectivity index (χ1n) is 6.02. The van der Waals surface area contributed by atoms with Crippen LogP contribution in [0.2, 0.25) is 0 Å². The number of methoxy groups -OCH3 is 1. The van der Waals surface area contributed by atoms with Crippen LogP contribution in [0.1, 0.15) is 21.1 Å². The second-order valence-electron chi connectivity index (χ2n) is 4.15. The molecule has 100 valence electrons. The lowest BCUT2D eigenvalue weighted by atomic mass is 10.1. The maximum absolute atomic E-state index is 11.8. The first-order chi connectivity index (χ1) is 9.19. The molecular weight excluding hydrogens is 260 g/mol. The number of nitrogens with one attached hydrogen (secondary N) is 1. The van der Waals surface area contributed by atoms with Crippen molar-refractivity contribution in [2.75, 3.05) is 13.7 Å². The van der Waals surface area contributed by atoms with E-state index >= 15 is 0 Å². The van der Waals surface area contributed by atoms with Crippen molar-refractivity contribution in [2.45, 2.75) is 13.3 Å². The van der Waals surface area contributed by atoms with Crippen LogP contribution in [0.3, 0.4) is 0 Å². The molecule has 0 aliphatic carbocycles. The van der Waals surface area contributed by atoms with Crippen molar-refractivity contribution in [3.63, 3.8) is 0 Å². The molecule has 1 amide bonds. The Morgan fingerprint density at radius 3 is 3.00 bits per heavy atom. The molecule has 1 heterocycles. The highest BCUT2D eigenvalue weighted by Crippen LogP contribution is 2.13. The van der Waals surface area contributed by atoms with E-state index in [0.717, 1.165) is 23.4 Å². The Morgan fingerprint density at radius 2 is 2.32 bits per heavy atom. The highest BCUT2D eigenvalue weighted by molar-refractivity contribution is 7.11. The molecule has 2 aromatic rings. The van der Waals surface area contributed by atoms with Crippen LogP contribution in [0.15, 0.2) is 29.6 Å². The van der Waals surface area contributed by atoms with E-state index in [4.69, 9.17) is 4.74 Å². The van der Waals surface area contributed by atoms with Gasteiger partial charge in [0.15, 0.2) is 5.01 Å². The Kier molecular flexibility index (Phi) is 4.52. The third-order valence-corrected chi connectivity index (χ3v) is 3.61. The van der Waals surface area contributed by atoms with Crippen LogP contribution in [0.4, 0.5) is 0 Å². The zero-order valence-electron chi connectivity index (χ0n) is 11.0. The summed E-state index contributed by atoms with van der Waals surface area (Å²) in [5.41, 5.74) is 2.01. The molecule has 2 rings (SSSR count). The number of carbonyl (C=O) groups is 1. The Labute approximate surface area is 116 Å². The lowest BCUT2D eigenvalue weighted by Crippen LogP contribution is -2.25. The molecule has 0 atom stereocenters. The molecule has 0 saturated carbocycles. The number of rotatable bonds is 5. The number of hydrogen-bond acceptors (Lipinski definition) is 4. The Hall–Kier alpha value is -1.88. The smallest absolute Gasteiger partial charge is 0.280 e. The van der Waals surface area contributed by atoms with E-state index in [1.165, 1.54) is 11.3 Å². The van der Waals surface area contributed by atoms with Gasteiger partial charge in [0, 0.05) is 17.6 Å². The minimum atomic E-state index is -0.110. The second kappa shape index (κ2) is 6.33. The topological polar surface area (TPSA) is 51.2 Å². The fraction of sp³-hybridized carbons (Fsp3) is 0.286. The molecule has 19 heavy (non-hydrogen) atoms. The quantitative estimate of drug-likeness (QED) is 0.912. The van der Waals surface area contributed by atoms with Crippen molar-refractivity contribution < 1.29 is 9.53 Å². The van der Waals surface area contributed by atoms with Gasteiger partial charge in [0.2, 0.25) is 0 Å². The lowest BCUT2D eigenvalue weighted by molar-refractivity contribution is 0.0953. The van der Waals surface area contributed by atoms with Gasteiger partial charge in [-0.05, 0) is 31.0 Å². The van der Waals surface area contributed by atoms with Gasteiger partial charge in [-0.3, -0.25) is 4.79 Å². The molecular formula is C14H16N2O2S. The van der Waals surface area contributed by atoms with Gasteiger partial charge in [-0.15, -0.1) is 11.3 Å². The number of aromatic nitrogens is 1. The number of thiazole rings is 1. The summed E-state index contributed by atoms with van der Waals surface area (Å²) >= 11 is 1.37. The summed E-state index contributed by atoms with van der Waals surface area (Å²) in [5, 5.41) is 5.26. The molecule has 0 spiro atoms. The summed E-state index contributed by atoms with van der Waals surface area (Å²) in [7, 11) is 1.64. The van der Waals surface area contributed by atoms with Gasteiger partial charge in [0.05, 0.1) is 7.11 Å². The monoisotopic (exact) mass is 276 g/mol. The van der Waals surface area contributed by atoms with E-state index in [0.29, 0.717) is 11.6 Å². The van der Waals surface area contributed by atoms with Crippen molar-refractivity contribution in [3.8, 4) is 5.75 Å². The van der Waals surface area contributed by atoms with Crippen molar-refractivity contribution in [1.82, 2.24) is 10.3 Å². The number of benzene rings is 1. The predicted octanol–water partition coefficient (Wildman–Crippen LogP) is 2.43. The van der Waals surface area contributed by atoms with Crippen LogP contribution in [-0.2, 0) is 6.42 Å². The average Bonchev–Trinajstić information content (AvgIpc) is 2.86. The van der Waals surface area contributed by atoms with E-state index in [-0.39, 0.29) is 5.91 Å². The summed E-state index contributed by atoms with van der Waals surface area (Å²) in [5.74, 6) is 0.723. The standard InChI is InChI=1S/C14H16N2O2S/c1-10-9-19-14(16-10)13(17)15-7-6-11-4-3-5-12(8-11)18-2/h3-5,8-9H,6-7H2,1-2H3,(H,15,17). The van der Waals surface area contributed by atoms with Gasteiger partial charge < -0.3 is 10.1 Å². The van der Waals surface area contributed by atoms with Crippen LogP contribution >= 0.6 is 11.3 Å². The van der Waals surface area contributed by atoms with Gasteiger partial charge in [0.1, 0.15) is 5.75 Å². The van der Waals surface area contributed by atoms with Crippen molar-refractivity contribution in [3.05, 3.63) is 45.9 Å². The molecule has 1 aromatic carbocycles. The van der Waals surface area contributed by atoms with Gasteiger partial charge >= 0.3 is 0 Å². The minimum Gasteiger partial charge on any atom is -0.497 e. The van der Waals surface area contributed by atoms with Crippen LogP contribution in [-0.4, -0.2) is 24.5 Å². The molecule has 0 bridgehead atoms. The number of nitrogens with zero attached hydrogens (tertiary/aromatic N) is 1. The molecule has 5 heteroatoms. The zero-order valence-corrected chi connectivity index (χ0v) is 11.8. The maximum Gasteiger partial charge on any atom is 0.280 e. The van der Waals surface area contributed by atoms with Crippen LogP contribution in [0, 0.1) is 6.92 Å². The summed E-state index contributed by atoms with van der Waals surface area (Å²) in [4.78, 5) is 15.9. The van der Waals surface area contributed by atoms with E-state index in [1.54, 1.807) is 7.11 Å². The van der Waals surface area contributed by atoms with Crippen LogP contribution < -0.4 is 10.1 Å². The zero-order chi connectivity index (χ0) is 13.7. The average molecular weight is 276 g/mol. The van der Waals surface area contributed by atoms with Gasteiger partial charge in [0.25, 0.3) is 5.91 Å². The Morgan fingerprint density at radius 1 is 1.47 bits per heavy atom. The van der Waals surface area contributed by atoms with Crippen LogP contribution in [0.5, 0.6) is 5.75 Å². The van der Waals surface area contributed by atoms with Gasteiger partial charge in [-0.25, -0.2) is 4.98 Å². The Balaban J connectivity index is 1.84. The van der Waals surface area contributed by atoms with E-state index in [9.17, 15) is 4.79 Å². The molecule has 0 aliphatic rings. The number of aryl methyl sites for hydroxylation is 1. The fourth-order valence-corrected chi connectivity index (χ4v) is 2.39. The predicted molar refractivity (Wildman–Crippen MR) is 75.9 cm³/mol. The van der Waals surface area contributed by atoms with Gasteiger partial charge in [-0.2, -0.15) is 0 Å². The molecule has 0 fully saturated rings. The summed E-state index contributed by atoms with van der Waals surface area (Å²) in [6.07, 6.45) is 0.771. The van der Waals surface area contributed by atoms with Crippen LogP contribution in [0.25, 0.3) is 0 Å². The van der Waals surface area contributed by atoms with Crippen molar-refractivity contribution in [1.29, 1.82) is 0 Å². The summed E-state index contributed by atoms with van der Waals surface area (Å²) < 4.78 is 5.16. The third-order valence-electron chi connectivity index (χ3n) is 2.65. The number of carbonyl (C=O) groups excluding carboxylic acids is 1. The summed E-state index contributed by atoms with van der Waals surface area (Å²) in [6.45, 7) is 2.47. The summed E-state index contributed by atoms with van der Waals surface area (Å²) in [6, 6.07) is 7.84. The second-order valence-corrected chi connectivity index (χ2v) is 5.01.